The number of fused-ring (bicyclic) bond motifs is 1. The highest BCUT2D eigenvalue weighted by Crippen LogP contribution is 2.31. The third kappa shape index (κ3) is 1.68. The molecule has 1 aromatic rings. The van der Waals surface area contributed by atoms with E-state index in [-0.39, 0.29) is 12.3 Å². The molecule has 0 aromatic heterocycles. The van der Waals surface area contributed by atoms with Gasteiger partial charge in [0.15, 0.2) is 0 Å². The summed E-state index contributed by atoms with van der Waals surface area (Å²) >= 11 is 5.94. The Bertz CT molecular complexity index is 456. The van der Waals surface area contributed by atoms with E-state index in [9.17, 15) is 9.59 Å². The van der Waals surface area contributed by atoms with Crippen LogP contribution >= 0.6 is 11.6 Å². The number of hydrogen-bond donors (Lipinski definition) is 1. The van der Waals surface area contributed by atoms with Crippen LogP contribution in [0.1, 0.15) is 15.9 Å². The fourth-order valence-electron chi connectivity index (χ4n) is 1.52. The van der Waals surface area contributed by atoms with Gasteiger partial charge in [-0.15, -0.1) is 0 Å². The molecule has 78 valence electrons. The van der Waals surface area contributed by atoms with Gasteiger partial charge < -0.3 is 10.1 Å². The van der Waals surface area contributed by atoms with Crippen molar-refractivity contribution >= 4 is 29.2 Å². The topological polar surface area (TPSA) is 55.4 Å². The number of nitrogens with one attached hydrogen (secondary N) is 1. The van der Waals surface area contributed by atoms with Crippen molar-refractivity contribution in [3.63, 3.8) is 0 Å². The summed E-state index contributed by atoms with van der Waals surface area (Å²) in [5.41, 5.74) is 1.66. The molecule has 0 radical (unpaired) electrons. The van der Waals surface area contributed by atoms with Gasteiger partial charge in [-0.25, -0.2) is 4.79 Å². The predicted octanol–water partition coefficient (Wildman–Crippen LogP) is 1.62. The van der Waals surface area contributed by atoms with Gasteiger partial charge in [0, 0.05) is 16.3 Å². The van der Waals surface area contributed by atoms with Crippen molar-refractivity contribution < 1.29 is 14.3 Å². The van der Waals surface area contributed by atoms with Crippen molar-refractivity contribution in [3.8, 4) is 0 Å². The SMILES string of the molecule is COC(=O)c1cc(Cl)c2c(c1)NC(=O)C2. The number of esters is 1. The molecule has 0 saturated carbocycles. The van der Waals surface area contributed by atoms with Crippen LogP contribution in [0.4, 0.5) is 5.69 Å². The second kappa shape index (κ2) is 3.55. The molecule has 0 spiro atoms. The van der Waals surface area contributed by atoms with Crippen molar-refractivity contribution in [1.29, 1.82) is 0 Å². The minimum Gasteiger partial charge on any atom is -0.465 e. The summed E-state index contributed by atoms with van der Waals surface area (Å²) in [6.07, 6.45) is 0.260. The maximum atomic E-state index is 11.3. The molecule has 0 unspecified atom stereocenters. The zero-order valence-electron chi connectivity index (χ0n) is 7.96. The zero-order valence-corrected chi connectivity index (χ0v) is 8.72. The van der Waals surface area contributed by atoms with Gasteiger partial charge in [-0.2, -0.15) is 0 Å². The Hall–Kier alpha value is -1.55. The monoisotopic (exact) mass is 225 g/mol. The molecule has 0 bridgehead atoms. The Morgan fingerprint density at radius 1 is 1.53 bits per heavy atom. The Morgan fingerprint density at radius 2 is 2.27 bits per heavy atom. The summed E-state index contributed by atoms with van der Waals surface area (Å²) in [5.74, 6) is -0.588. The number of amides is 1. The number of carbonyl (C=O) groups is 2. The average molecular weight is 226 g/mol. The molecule has 1 amide bonds. The normalized spacial score (nSPS) is 13.3. The third-order valence-corrected chi connectivity index (χ3v) is 2.57. The van der Waals surface area contributed by atoms with Crippen LogP contribution in [0, 0.1) is 0 Å². The maximum Gasteiger partial charge on any atom is 0.337 e. The molecule has 1 N–H and O–H groups in total. The molecule has 5 heteroatoms. The van der Waals surface area contributed by atoms with Crippen LogP contribution in [0.2, 0.25) is 5.02 Å². The molecular weight excluding hydrogens is 218 g/mol. The second-order valence-electron chi connectivity index (χ2n) is 3.20. The molecule has 1 aromatic carbocycles. The minimum atomic E-state index is -0.471. The standard InChI is InChI=1S/C10H8ClNO3/c1-15-10(14)5-2-7(11)6-4-9(13)12-8(6)3-5/h2-3H,4H2,1H3,(H,12,13). The van der Waals surface area contributed by atoms with Gasteiger partial charge in [-0.3, -0.25) is 4.79 Å². The largest absolute Gasteiger partial charge is 0.465 e. The van der Waals surface area contributed by atoms with Crippen molar-refractivity contribution in [2.24, 2.45) is 0 Å². The van der Waals surface area contributed by atoms with Gasteiger partial charge in [-0.1, -0.05) is 11.6 Å². The zero-order chi connectivity index (χ0) is 11.0. The van der Waals surface area contributed by atoms with Crippen LogP contribution in [0.15, 0.2) is 12.1 Å². The van der Waals surface area contributed by atoms with Crippen molar-refractivity contribution in [3.05, 3.63) is 28.3 Å². The predicted molar refractivity (Wildman–Crippen MR) is 55.1 cm³/mol. The van der Waals surface area contributed by atoms with E-state index in [4.69, 9.17) is 11.6 Å². The van der Waals surface area contributed by atoms with E-state index >= 15 is 0 Å². The van der Waals surface area contributed by atoms with Gasteiger partial charge in [-0.05, 0) is 12.1 Å². The number of halogens is 1. The molecule has 0 saturated heterocycles. The smallest absolute Gasteiger partial charge is 0.337 e. The van der Waals surface area contributed by atoms with Crippen LogP contribution in [-0.4, -0.2) is 19.0 Å². The molecule has 1 aliphatic heterocycles. The van der Waals surface area contributed by atoms with Crippen molar-refractivity contribution in [2.75, 3.05) is 12.4 Å². The maximum absolute atomic E-state index is 11.3. The molecular formula is C10H8ClNO3. The van der Waals surface area contributed by atoms with Gasteiger partial charge in [0.25, 0.3) is 0 Å². The number of benzene rings is 1. The van der Waals surface area contributed by atoms with Crippen LogP contribution in [0.25, 0.3) is 0 Å². The number of anilines is 1. The quantitative estimate of drug-likeness (QED) is 0.739. The van der Waals surface area contributed by atoms with E-state index in [2.05, 4.69) is 10.1 Å². The third-order valence-electron chi connectivity index (χ3n) is 2.23. The Kier molecular flexibility index (Phi) is 2.36. The summed E-state index contributed by atoms with van der Waals surface area (Å²) in [6.45, 7) is 0. The molecule has 0 atom stereocenters. The van der Waals surface area contributed by atoms with Gasteiger partial charge in [0.1, 0.15) is 0 Å². The lowest BCUT2D eigenvalue weighted by Crippen LogP contribution is -2.04. The molecule has 2 rings (SSSR count). The first kappa shape index (κ1) is 9.98. The second-order valence-corrected chi connectivity index (χ2v) is 3.61. The minimum absolute atomic E-state index is 0.117. The van der Waals surface area contributed by atoms with E-state index in [1.165, 1.54) is 13.2 Å². The van der Waals surface area contributed by atoms with Crippen LogP contribution in [0.5, 0.6) is 0 Å². The molecule has 0 fully saturated rings. The van der Waals surface area contributed by atoms with E-state index < -0.39 is 5.97 Å². The lowest BCUT2D eigenvalue weighted by Gasteiger charge is -2.04. The van der Waals surface area contributed by atoms with E-state index in [0.29, 0.717) is 16.3 Å². The first-order valence-electron chi connectivity index (χ1n) is 4.32. The molecule has 0 aliphatic carbocycles. The van der Waals surface area contributed by atoms with Gasteiger partial charge >= 0.3 is 5.97 Å². The molecule has 15 heavy (non-hydrogen) atoms. The number of carbonyl (C=O) groups excluding carboxylic acids is 2. The summed E-state index contributed by atoms with van der Waals surface area (Å²) in [4.78, 5) is 22.4. The Morgan fingerprint density at radius 3 is 2.93 bits per heavy atom. The number of methoxy groups -OCH3 is 1. The highest BCUT2D eigenvalue weighted by atomic mass is 35.5. The highest BCUT2D eigenvalue weighted by Gasteiger charge is 2.22. The summed E-state index contributed by atoms with van der Waals surface area (Å²) in [7, 11) is 1.29. The highest BCUT2D eigenvalue weighted by molar-refractivity contribution is 6.33. The van der Waals surface area contributed by atoms with Crippen molar-refractivity contribution in [1.82, 2.24) is 0 Å². The number of hydrogen-bond acceptors (Lipinski definition) is 3. The number of rotatable bonds is 1. The van der Waals surface area contributed by atoms with Crippen LogP contribution in [-0.2, 0) is 16.0 Å². The van der Waals surface area contributed by atoms with Crippen LogP contribution < -0.4 is 5.32 Å². The van der Waals surface area contributed by atoms with Gasteiger partial charge in [0.05, 0.1) is 19.1 Å². The lowest BCUT2D eigenvalue weighted by molar-refractivity contribution is -0.115. The molecule has 1 aliphatic rings. The summed E-state index contributed by atoms with van der Waals surface area (Å²) < 4.78 is 4.57. The number of ether oxygens (including phenoxy) is 1. The van der Waals surface area contributed by atoms with Crippen molar-refractivity contribution in [2.45, 2.75) is 6.42 Å². The van der Waals surface area contributed by atoms with E-state index in [1.807, 2.05) is 0 Å². The molecule has 1 heterocycles. The van der Waals surface area contributed by atoms with E-state index in [0.717, 1.165) is 5.56 Å². The Labute approximate surface area is 91.2 Å². The first-order chi connectivity index (χ1) is 7.11. The van der Waals surface area contributed by atoms with Crippen LogP contribution in [0.3, 0.4) is 0 Å². The average Bonchev–Trinajstić information content (AvgIpc) is 2.58. The first-order valence-corrected chi connectivity index (χ1v) is 4.70. The summed E-state index contributed by atoms with van der Waals surface area (Å²) in [6, 6.07) is 3.07. The fourth-order valence-corrected chi connectivity index (χ4v) is 1.80. The Balaban J connectivity index is 2.48. The lowest BCUT2D eigenvalue weighted by atomic mass is 10.1. The summed E-state index contributed by atoms with van der Waals surface area (Å²) in [5, 5.41) is 3.03. The van der Waals surface area contributed by atoms with E-state index in [1.54, 1.807) is 6.07 Å². The fraction of sp³-hybridized carbons (Fsp3) is 0.200. The van der Waals surface area contributed by atoms with Gasteiger partial charge in [0.2, 0.25) is 5.91 Å². The molecule has 4 nitrogen and oxygen atoms in total.